The van der Waals surface area contributed by atoms with Gasteiger partial charge in [0.1, 0.15) is 29.0 Å². The molecule has 1 aliphatic rings. The van der Waals surface area contributed by atoms with Gasteiger partial charge in [0.25, 0.3) is 5.91 Å². The van der Waals surface area contributed by atoms with Gasteiger partial charge >= 0.3 is 6.36 Å². The van der Waals surface area contributed by atoms with Gasteiger partial charge < -0.3 is 9.15 Å². The number of aryl methyl sites for hydroxylation is 1. The lowest BCUT2D eigenvalue weighted by Gasteiger charge is -2.29. The Morgan fingerprint density at radius 1 is 1.00 bits per heavy atom. The molecule has 0 radical (unpaired) electrons. The number of anilines is 1. The van der Waals surface area contributed by atoms with Crippen molar-refractivity contribution in [2.75, 3.05) is 4.90 Å². The summed E-state index contributed by atoms with van der Waals surface area (Å²) in [5.41, 5.74) is 0.863. The van der Waals surface area contributed by atoms with Crippen LogP contribution in [0.5, 0.6) is 5.75 Å². The van der Waals surface area contributed by atoms with Crippen molar-refractivity contribution in [2.24, 2.45) is 11.8 Å². The van der Waals surface area contributed by atoms with E-state index in [2.05, 4.69) is 4.74 Å². The number of alkyl halides is 3. The van der Waals surface area contributed by atoms with E-state index in [1.54, 1.807) is 57.2 Å². The van der Waals surface area contributed by atoms with E-state index >= 15 is 0 Å². The van der Waals surface area contributed by atoms with Crippen LogP contribution in [0.25, 0.3) is 11.3 Å². The van der Waals surface area contributed by atoms with E-state index in [1.807, 2.05) is 0 Å². The van der Waals surface area contributed by atoms with Crippen molar-refractivity contribution in [3.8, 4) is 17.1 Å². The summed E-state index contributed by atoms with van der Waals surface area (Å²) in [6, 6.07) is 13.9. The maximum absolute atomic E-state index is 13.1. The molecule has 1 aromatic heterocycles. The van der Waals surface area contributed by atoms with Crippen molar-refractivity contribution in [3.63, 3.8) is 0 Å². The van der Waals surface area contributed by atoms with E-state index in [9.17, 15) is 27.6 Å². The average molecular weight is 485 g/mol. The highest BCUT2D eigenvalue weighted by molar-refractivity contribution is 6.48. The summed E-state index contributed by atoms with van der Waals surface area (Å²) in [6.45, 7) is 4.93. The van der Waals surface area contributed by atoms with Crippen LogP contribution in [0, 0.1) is 18.8 Å². The van der Waals surface area contributed by atoms with E-state index in [4.69, 9.17) is 4.42 Å². The number of hydrogen-bond donors (Lipinski definition) is 0. The van der Waals surface area contributed by atoms with Crippen LogP contribution in [0.2, 0.25) is 0 Å². The molecule has 0 N–H and O–H groups in total. The summed E-state index contributed by atoms with van der Waals surface area (Å²) in [7, 11) is 0. The molecule has 2 unspecified atom stereocenters. The van der Waals surface area contributed by atoms with Gasteiger partial charge in [0.15, 0.2) is 0 Å². The van der Waals surface area contributed by atoms with Gasteiger partial charge in [0.05, 0.1) is 6.04 Å². The lowest BCUT2D eigenvalue weighted by atomic mass is 9.84. The third-order valence-corrected chi connectivity index (χ3v) is 5.82. The Kier molecular flexibility index (Phi) is 6.27. The third-order valence-electron chi connectivity index (χ3n) is 5.82. The van der Waals surface area contributed by atoms with Crippen LogP contribution >= 0.6 is 0 Å². The molecule has 0 saturated carbocycles. The van der Waals surface area contributed by atoms with Gasteiger partial charge in [0.2, 0.25) is 5.78 Å². The van der Waals surface area contributed by atoms with Crippen LogP contribution in [-0.4, -0.2) is 23.8 Å². The second-order valence-corrected chi connectivity index (χ2v) is 8.56. The van der Waals surface area contributed by atoms with Gasteiger partial charge in [0, 0.05) is 22.7 Å². The molecule has 2 atom stereocenters. The summed E-state index contributed by atoms with van der Waals surface area (Å²) in [5.74, 6) is -3.87. The van der Waals surface area contributed by atoms with E-state index in [0.29, 0.717) is 17.1 Å². The highest BCUT2D eigenvalue weighted by Gasteiger charge is 2.53. The minimum atomic E-state index is -5.01. The molecule has 0 spiro atoms. The Hall–Kier alpha value is -3.88. The fraction of sp³-hybridized carbons (Fsp3) is 0.269. The number of ketones is 2. The number of ether oxygens (including phenoxy) is 1. The van der Waals surface area contributed by atoms with Crippen LogP contribution in [0.1, 0.15) is 31.2 Å². The first-order valence-corrected chi connectivity index (χ1v) is 10.9. The highest BCUT2D eigenvalue weighted by atomic mass is 19.4. The molecule has 2 heterocycles. The second-order valence-electron chi connectivity index (χ2n) is 8.56. The lowest BCUT2D eigenvalue weighted by Crippen LogP contribution is -2.32. The molecule has 1 saturated heterocycles. The van der Waals surface area contributed by atoms with Gasteiger partial charge in [-0.05, 0) is 49.4 Å². The number of rotatable bonds is 6. The fourth-order valence-corrected chi connectivity index (χ4v) is 4.23. The maximum atomic E-state index is 13.1. The molecule has 6 nitrogen and oxygen atoms in total. The molecular weight excluding hydrogens is 463 g/mol. The molecule has 3 aromatic rings. The smallest absolute Gasteiger partial charge is 0.461 e. The number of carbonyl (C=O) groups excluding carboxylic acids is 3. The minimum Gasteiger partial charge on any atom is -0.461 e. The quantitative estimate of drug-likeness (QED) is 0.333. The van der Waals surface area contributed by atoms with Gasteiger partial charge in [-0.1, -0.05) is 32.0 Å². The number of furan rings is 1. The van der Waals surface area contributed by atoms with Gasteiger partial charge in [-0.25, -0.2) is 0 Å². The van der Waals surface area contributed by atoms with Crippen molar-refractivity contribution >= 4 is 23.2 Å². The van der Waals surface area contributed by atoms with Crippen LogP contribution in [0.15, 0.2) is 65.1 Å². The Morgan fingerprint density at radius 3 is 2.23 bits per heavy atom. The summed E-state index contributed by atoms with van der Waals surface area (Å²) < 4.78 is 49.2. The van der Waals surface area contributed by atoms with Crippen molar-refractivity contribution < 1.29 is 36.7 Å². The van der Waals surface area contributed by atoms with Crippen LogP contribution < -0.4 is 9.64 Å². The molecule has 182 valence electrons. The molecule has 0 aliphatic carbocycles. The second kappa shape index (κ2) is 9.05. The van der Waals surface area contributed by atoms with Gasteiger partial charge in [-0.15, -0.1) is 13.2 Å². The van der Waals surface area contributed by atoms with Gasteiger partial charge in [-0.2, -0.15) is 0 Å². The predicted molar refractivity (Wildman–Crippen MR) is 121 cm³/mol. The predicted octanol–water partition coefficient (Wildman–Crippen LogP) is 5.65. The molecule has 0 bridgehead atoms. The van der Waals surface area contributed by atoms with Crippen LogP contribution in [-0.2, 0) is 14.4 Å². The largest absolute Gasteiger partial charge is 0.573 e. The molecule has 1 fully saturated rings. The molecule has 35 heavy (non-hydrogen) atoms. The van der Waals surface area contributed by atoms with Crippen molar-refractivity contribution in [2.45, 2.75) is 33.2 Å². The van der Waals surface area contributed by atoms with E-state index < -0.39 is 47.5 Å². The number of amides is 1. The Balaban J connectivity index is 1.83. The summed E-state index contributed by atoms with van der Waals surface area (Å²) in [6.07, 6.45) is -5.01. The van der Waals surface area contributed by atoms with Crippen molar-refractivity contribution in [3.05, 3.63) is 72.0 Å². The number of Topliss-reactive ketones (excluding diaryl/α,β-unsaturated/α-hetero) is 2. The third kappa shape index (κ3) is 4.71. The Labute approximate surface area is 199 Å². The average Bonchev–Trinajstić information content (AvgIpc) is 3.34. The Morgan fingerprint density at radius 2 is 1.66 bits per heavy atom. The molecule has 4 rings (SSSR count). The van der Waals surface area contributed by atoms with Crippen molar-refractivity contribution in [1.29, 1.82) is 0 Å². The topological polar surface area (TPSA) is 76.8 Å². The van der Waals surface area contributed by atoms with Crippen LogP contribution in [0.3, 0.4) is 0 Å². The highest BCUT2D eigenvalue weighted by Crippen LogP contribution is 2.45. The molecular formula is C26H22F3NO5. The number of hydrogen-bond acceptors (Lipinski definition) is 5. The summed E-state index contributed by atoms with van der Waals surface area (Å²) >= 11 is 0. The molecule has 9 heteroatoms. The summed E-state index contributed by atoms with van der Waals surface area (Å²) in [4.78, 5) is 40.2. The monoisotopic (exact) mass is 485 g/mol. The normalized spacial score (nSPS) is 18.4. The first-order chi connectivity index (χ1) is 16.5. The SMILES string of the molecule is Cc1ccc(-c2ccc(N3C(=O)C(=O)C(C(=O)C(C)C)C3c3ccccc3OC(F)(F)F)cc2)o1. The number of nitrogens with zero attached hydrogens (tertiary/aromatic N) is 1. The summed E-state index contributed by atoms with van der Waals surface area (Å²) in [5, 5.41) is 0. The molecule has 2 aromatic carbocycles. The number of halogens is 3. The number of para-hydroxylation sites is 1. The standard InChI is InChI=1S/C26H22F3NO5/c1-14(2)23(31)21-22(18-6-4-5-7-20(18)35-26(27,28)29)30(25(33)24(21)32)17-11-9-16(10-12-17)19-13-8-15(3)34-19/h4-14,21-22H,1-3H3. The lowest BCUT2D eigenvalue weighted by molar-refractivity contribution is -0.275. The molecule has 1 amide bonds. The zero-order valence-electron chi connectivity index (χ0n) is 19.1. The fourth-order valence-electron chi connectivity index (χ4n) is 4.23. The zero-order chi connectivity index (χ0) is 25.5. The van der Waals surface area contributed by atoms with Crippen molar-refractivity contribution in [1.82, 2.24) is 0 Å². The maximum Gasteiger partial charge on any atom is 0.573 e. The Bertz CT molecular complexity index is 1280. The van der Waals surface area contributed by atoms with E-state index in [-0.39, 0.29) is 11.3 Å². The molecule has 1 aliphatic heterocycles. The first-order valence-electron chi connectivity index (χ1n) is 10.9. The zero-order valence-corrected chi connectivity index (χ0v) is 19.1. The first kappa shape index (κ1) is 24.3. The van der Waals surface area contributed by atoms with Gasteiger partial charge in [-0.3, -0.25) is 19.3 Å². The van der Waals surface area contributed by atoms with E-state index in [1.165, 1.54) is 18.2 Å². The van der Waals surface area contributed by atoms with Crippen LogP contribution in [0.4, 0.5) is 18.9 Å². The number of benzene rings is 2. The minimum absolute atomic E-state index is 0.0891. The number of carbonyl (C=O) groups is 3. The van der Waals surface area contributed by atoms with E-state index in [0.717, 1.165) is 11.0 Å².